The first kappa shape index (κ1) is 13.0. The molecule has 2 N–H and O–H groups in total. The second kappa shape index (κ2) is 8.15. The van der Waals surface area contributed by atoms with Crippen molar-refractivity contribution < 1.29 is 0 Å². The number of rotatable bonds is 5. The van der Waals surface area contributed by atoms with Gasteiger partial charge in [-0.15, -0.1) is 0 Å². The van der Waals surface area contributed by atoms with Gasteiger partial charge in [-0.05, 0) is 31.2 Å². The van der Waals surface area contributed by atoms with Crippen LogP contribution in [0.5, 0.6) is 0 Å². The molecule has 1 fully saturated rings. The van der Waals surface area contributed by atoms with Crippen LogP contribution in [0.4, 0.5) is 0 Å². The molecule has 1 aliphatic rings. The van der Waals surface area contributed by atoms with Crippen LogP contribution in [0, 0.1) is 11.8 Å². The molecule has 2 unspecified atom stereocenters. The summed E-state index contributed by atoms with van der Waals surface area (Å²) in [5.41, 5.74) is 5.59. The predicted molar refractivity (Wildman–Crippen MR) is 67.9 cm³/mol. The summed E-state index contributed by atoms with van der Waals surface area (Å²) >= 11 is 0. The molecular formula is C14H29N. The molecule has 0 amide bonds. The minimum Gasteiger partial charge on any atom is -0.330 e. The largest absolute Gasteiger partial charge is 0.330 e. The molecule has 90 valence electrons. The van der Waals surface area contributed by atoms with Crippen LogP contribution in [0.1, 0.15) is 71.1 Å². The third kappa shape index (κ3) is 5.55. The van der Waals surface area contributed by atoms with Gasteiger partial charge in [-0.1, -0.05) is 58.3 Å². The lowest BCUT2D eigenvalue weighted by Gasteiger charge is -2.24. The van der Waals surface area contributed by atoms with Gasteiger partial charge in [0, 0.05) is 0 Å². The van der Waals surface area contributed by atoms with Gasteiger partial charge in [0.25, 0.3) is 0 Å². The lowest BCUT2D eigenvalue weighted by molar-refractivity contribution is 0.287. The Morgan fingerprint density at radius 2 is 1.53 bits per heavy atom. The Labute approximate surface area is 95.8 Å². The third-order valence-electron chi connectivity index (χ3n) is 3.97. The first-order valence-electron chi connectivity index (χ1n) is 7.06. The summed E-state index contributed by atoms with van der Waals surface area (Å²) in [6, 6.07) is 0. The molecule has 1 aliphatic carbocycles. The topological polar surface area (TPSA) is 26.0 Å². The van der Waals surface area contributed by atoms with E-state index in [1.807, 2.05) is 0 Å². The maximum absolute atomic E-state index is 5.59. The van der Waals surface area contributed by atoms with Gasteiger partial charge in [0.1, 0.15) is 0 Å². The zero-order valence-corrected chi connectivity index (χ0v) is 10.5. The van der Waals surface area contributed by atoms with Crippen molar-refractivity contribution in [2.45, 2.75) is 71.1 Å². The molecule has 1 rings (SSSR count). The fraction of sp³-hybridized carbons (Fsp3) is 1.00. The van der Waals surface area contributed by atoms with Gasteiger partial charge in [-0.2, -0.15) is 0 Å². The van der Waals surface area contributed by atoms with E-state index in [2.05, 4.69) is 6.92 Å². The molecule has 15 heavy (non-hydrogen) atoms. The fourth-order valence-electron chi connectivity index (χ4n) is 3.02. The second-order valence-corrected chi connectivity index (χ2v) is 5.31. The van der Waals surface area contributed by atoms with E-state index in [-0.39, 0.29) is 0 Å². The van der Waals surface area contributed by atoms with Gasteiger partial charge in [0.15, 0.2) is 0 Å². The van der Waals surface area contributed by atoms with E-state index in [9.17, 15) is 0 Å². The summed E-state index contributed by atoms with van der Waals surface area (Å²) in [6.45, 7) is 3.21. The molecule has 0 bridgehead atoms. The van der Waals surface area contributed by atoms with E-state index >= 15 is 0 Å². The van der Waals surface area contributed by atoms with E-state index in [1.165, 1.54) is 64.2 Å². The van der Waals surface area contributed by atoms with Gasteiger partial charge >= 0.3 is 0 Å². The Balaban J connectivity index is 2.24. The summed E-state index contributed by atoms with van der Waals surface area (Å²) in [6.07, 6.45) is 14.3. The smallest absolute Gasteiger partial charge is 0.00772 e. The highest BCUT2D eigenvalue weighted by molar-refractivity contribution is 4.69. The van der Waals surface area contributed by atoms with E-state index in [0.717, 1.165) is 18.4 Å². The predicted octanol–water partition coefficient (Wildman–Crippen LogP) is 4.11. The van der Waals surface area contributed by atoms with Crippen molar-refractivity contribution in [1.29, 1.82) is 0 Å². The van der Waals surface area contributed by atoms with Crippen LogP contribution >= 0.6 is 0 Å². The molecule has 1 heteroatoms. The van der Waals surface area contributed by atoms with Crippen molar-refractivity contribution in [3.63, 3.8) is 0 Å². The van der Waals surface area contributed by atoms with Crippen molar-refractivity contribution in [1.82, 2.24) is 0 Å². The van der Waals surface area contributed by atoms with Crippen LogP contribution < -0.4 is 5.73 Å². The van der Waals surface area contributed by atoms with E-state index in [4.69, 9.17) is 5.73 Å². The first-order chi connectivity index (χ1) is 7.36. The normalized spacial score (nSPS) is 28.4. The molecule has 0 heterocycles. The molecule has 1 nitrogen and oxygen atoms in total. The summed E-state index contributed by atoms with van der Waals surface area (Å²) in [5.74, 6) is 2.03. The molecule has 0 aromatic heterocycles. The fourth-order valence-corrected chi connectivity index (χ4v) is 3.02. The number of hydrogen-bond acceptors (Lipinski definition) is 1. The highest BCUT2D eigenvalue weighted by atomic mass is 14.5. The Morgan fingerprint density at radius 3 is 2.07 bits per heavy atom. The standard InChI is InChI=1S/C14H29N/c1-2-6-13-7-3-4-8-14(11-10-13)9-5-12-15/h13-14H,2-12,15H2,1H3. The molecule has 0 saturated heterocycles. The summed E-state index contributed by atoms with van der Waals surface area (Å²) in [7, 11) is 0. The van der Waals surface area contributed by atoms with E-state index in [0.29, 0.717) is 0 Å². The van der Waals surface area contributed by atoms with Crippen LogP contribution in [0.3, 0.4) is 0 Å². The summed E-state index contributed by atoms with van der Waals surface area (Å²) < 4.78 is 0. The van der Waals surface area contributed by atoms with E-state index in [1.54, 1.807) is 0 Å². The molecule has 2 atom stereocenters. The van der Waals surface area contributed by atoms with Crippen molar-refractivity contribution in [3.8, 4) is 0 Å². The quantitative estimate of drug-likeness (QED) is 0.727. The Bertz CT molecular complexity index is 142. The summed E-state index contributed by atoms with van der Waals surface area (Å²) in [5, 5.41) is 0. The average molecular weight is 211 g/mol. The maximum atomic E-state index is 5.59. The van der Waals surface area contributed by atoms with Crippen molar-refractivity contribution in [2.24, 2.45) is 17.6 Å². The first-order valence-corrected chi connectivity index (χ1v) is 7.06. The molecule has 0 aliphatic heterocycles. The molecule has 0 spiro atoms. The Hall–Kier alpha value is -0.0400. The lowest BCUT2D eigenvalue weighted by atomic mass is 9.82. The van der Waals surface area contributed by atoms with Crippen LogP contribution in [0.2, 0.25) is 0 Å². The molecule has 0 aromatic rings. The minimum absolute atomic E-state index is 0.884. The van der Waals surface area contributed by atoms with Crippen molar-refractivity contribution in [2.75, 3.05) is 6.54 Å². The highest BCUT2D eigenvalue weighted by Gasteiger charge is 2.16. The van der Waals surface area contributed by atoms with Crippen molar-refractivity contribution >= 4 is 0 Å². The minimum atomic E-state index is 0.884. The number of hydrogen-bond donors (Lipinski definition) is 1. The van der Waals surface area contributed by atoms with Gasteiger partial charge in [0.2, 0.25) is 0 Å². The molecular weight excluding hydrogens is 182 g/mol. The molecule has 1 saturated carbocycles. The zero-order valence-electron chi connectivity index (χ0n) is 10.5. The van der Waals surface area contributed by atoms with Crippen molar-refractivity contribution in [3.05, 3.63) is 0 Å². The van der Waals surface area contributed by atoms with Gasteiger partial charge < -0.3 is 5.73 Å². The van der Waals surface area contributed by atoms with Crippen LogP contribution in [0.15, 0.2) is 0 Å². The maximum Gasteiger partial charge on any atom is -0.00772 e. The highest BCUT2D eigenvalue weighted by Crippen LogP contribution is 2.30. The summed E-state index contributed by atoms with van der Waals surface area (Å²) in [4.78, 5) is 0. The third-order valence-corrected chi connectivity index (χ3v) is 3.97. The van der Waals surface area contributed by atoms with Crippen LogP contribution in [-0.2, 0) is 0 Å². The molecule has 0 radical (unpaired) electrons. The van der Waals surface area contributed by atoms with Crippen LogP contribution in [-0.4, -0.2) is 6.54 Å². The second-order valence-electron chi connectivity index (χ2n) is 5.31. The Morgan fingerprint density at radius 1 is 0.933 bits per heavy atom. The lowest BCUT2D eigenvalue weighted by Crippen LogP contribution is -2.11. The monoisotopic (exact) mass is 211 g/mol. The SMILES string of the molecule is CCCC1CCCCC(CCCN)CC1. The van der Waals surface area contributed by atoms with Crippen LogP contribution in [0.25, 0.3) is 0 Å². The Kier molecular flexibility index (Phi) is 7.08. The average Bonchev–Trinajstić information content (AvgIpc) is 2.22. The van der Waals surface area contributed by atoms with E-state index < -0.39 is 0 Å². The molecule has 0 aromatic carbocycles. The van der Waals surface area contributed by atoms with Gasteiger partial charge in [0.05, 0.1) is 0 Å². The number of nitrogens with two attached hydrogens (primary N) is 1. The van der Waals surface area contributed by atoms with Gasteiger partial charge in [-0.25, -0.2) is 0 Å². The zero-order chi connectivity index (χ0) is 10.9. The van der Waals surface area contributed by atoms with Gasteiger partial charge in [-0.3, -0.25) is 0 Å².